The highest BCUT2D eigenvalue weighted by Gasteiger charge is 2.44. The molecule has 0 radical (unpaired) electrons. The van der Waals surface area contributed by atoms with Crippen molar-refractivity contribution in [2.24, 2.45) is 0 Å². The zero-order valence-electron chi connectivity index (χ0n) is 44.6. The number of allylic oxidation sites excluding steroid dienone is 9. The van der Waals surface area contributed by atoms with Gasteiger partial charge in [-0.15, -0.1) is 0 Å². The average molecular weight is 973 g/mol. The molecule has 0 aliphatic carbocycles. The Hall–Kier alpha value is -2.11. The van der Waals surface area contributed by atoms with E-state index in [9.17, 15) is 30.3 Å². The first kappa shape index (κ1) is 64.9. The summed E-state index contributed by atoms with van der Waals surface area (Å²) in [5.74, 6) is -0.190. The number of aliphatic hydroxyl groups is 5. The summed E-state index contributed by atoms with van der Waals surface area (Å²) in [5.41, 5.74) is 0. The average Bonchev–Trinajstić information content (AvgIpc) is 3.35. The normalized spacial score (nSPS) is 19.9. The van der Waals surface area contributed by atoms with Crippen molar-refractivity contribution in [3.05, 3.63) is 60.8 Å². The van der Waals surface area contributed by atoms with Crippen LogP contribution in [0.1, 0.15) is 258 Å². The van der Waals surface area contributed by atoms with Crippen LogP contribution in [0.5, 0.6) is 0 Å². The van der Waals surface area contributed by atoms with E-state index in [-0.39, 0.29) is 12.5 Å². The molecule has 9 nitrogen and oxygen atoms in total. The molecule has 0 spiro atoms. The standard InChI is InChI=1S/C60H109NO8/c1-3-5-7-9-11-13-15-17-19-20-21-22-23-24-25-26-27-28-29-30-31-32-33-34-36-38-40-42-44-46-48-50-56(64)61-53(52-68-60-59(67)58(66)57(65)55(51-62)69-60)54(63)49-47-45-43-41-39-37-35-18-16-14-12-10-8-6-4-2/h15-18,20-21,39,41,47,49,53-55,57-60,62-63,65-67H,3-14,19,22-38,40,42-46,48,50-52H2,1-2H3,(H,61,64)/b17-15-,18-16+,21-20-,41-39+,49-47+. The Morgan fingerprint density at radius 2 is 0.870 bits per heavy atom. The molecule has 1 saturated heterocycles. The number of carbonyl (C=O) groups excluding carboxylic acids is 1. The minimum Gasteiger partial charge on any atom is -0.394 e. The van der Waals surface area contributed by atoms with Crippen molar-refractivity contribution in [3.8, 4) is 0 Å². The molecule has 0 aromatic carbocycles. The van der Waals surface area contributed by atoms with Crippen molar-refractivity contribution in [1.82, 2.24) is 5.32 Å². The Morgan fingerprint density at radius 1 is 0.493 bits per heavy atom. The van der Waals surface area contributed by atoms with Crippen molar-refractivity contribution in [2.75, 3.05) is 13.2 Å². The smallest absolute Gasteiger partial charge is 0.220 e. The minimum absolute atomic E-state index is 0.190. The predicted molar refractivity (Wildman–Crippen MR) is 290 cm³/mol. The molecule has 6 N–H and O–H groups in total. The number of hydrogen-bond donors (Lipinski definition) is 6. The van der Waals surface area contributed by atoms with Crippen LogP contribution < -0.4 is 5.32 Å². The molecule has 7 unspecified atom stereocenters. The molecule has 0 bridgehead atoms. The largest absolute Gasteiger partial charge is 0.394 e. The highest BCUT2D eigenvalue weighted by molar-refractivity contribution is 5.76. The molecular weight excluding hydrogens is 863 g/mol. The molecule has 1 amide bonds. The molecule has 402 valence electrons. The first-order chi connectivity index (χ1) is 33.8. The van der Waals surface area contributed by atoms with Gasteiger partial charge >= 0.3 is 0 Å². The summed E-state index contributed by atoms with van der Waals surface area (Å²) in [7, 11) is 0. The van der Waals surface area contributed by atoms with Gasteiger partial charge in [0.05, 0.1) is 25.4 Å². The van der Waals surface area contributed by atoms with Crippen molar-refractivity contribution in [1.29, 1.82) is 0 Å². The van der Waals surface area contributed by atoms with Gasteiger partial charge in [-0.25, -0.2) is 0 Å². The number of nitrogens with one attached hydrogen (secondary N) is 1. The molecule has 69 heavy (non-hydrogen) atoms. The highest BCUT2D eigenvalue weighted by atomic mass is 16.7. The molecule has 1 aliphatic rings. The second-order valence-electron chi connectivity index (χ2n) is 20.1. The van der Waals surface area contributed by atoms with Gasteiger partial charge in [0, 0.05) is 6.42 Å². The van der Waals surface area contributed by atoms with Crippen LogP contribution in [0.25, 0.3) is 0 Å². The van der Waals surface area contributed by atoms with Crippen LogP contribution in [0.15, 0.2) is 60.8 Å². The third kappa shape index (κ3) is 39.1. The summed E-state index contributed by atoms with van der Waals surface area (Å²) in [6, 6.07) is -0.828. The molecule has 7 atom stereocenters. The van der Waals surface area contributed by atoms with E-state index in [1.54, 1.807) is 6.08 Å². The van der Waals surface area contributed by atoms with E-state index >= 15 is 0 Å². The lowest BCUT2D eigenvalue weighted by molar-refractivity contribution is -0.302. The molecule has 1 rings (SSSR count). The molecule has 1 fully saturated rings. The third-order valence-corrected chi connectivity index (χ3v) is 13.5. The van der Waals surface area contributed by atoms with Gasteiger partial charge in [-0.05, 0) is 77.0 Å². The SMILES string of the molecule is CCCCCCC/C=C\C/C=C\CCCCCCCCCCCCCCCCCCCCCC(=O)NC(COC1OC(CO)C(O)C(O)C1O)C(O)/C=C/CC/C=C/CC/C=C/CCCCCCC. The quantitative estimate of drug-likeness (QED) is 0.0261. The van der Waals surface area contributed by atoms with Gasteiger partial charge in [-0.3, -0.25) is 4.79 Å². The van der Waals surface area contributed by atoms with E-state index in [0.29, 0.717) is 6.42 Å². The van der Waals surface area contributed by atoms with Crippen LogP contribution in [0.3, 0.4) is 0 Å². The summed E-state index contributed by atoms with van der Waals surface area (Å²) in [5, 5.41) is 54.4. The van der Waals surface area contributed by atoms with Crippen LogP contribution in [-0.2, 0) is 14.3 Å². The first-order valence-electron chi connectivity index (χ1n) is 29.0. The van der Waals surface area contributed by atoms with Gasteiger partial charge in [0.15, 0.2) is 6.29 Å². The summed E-state index contributed by atoms with van der Waals surface area (Å²) in [4.78, 5) is 13.0. The molecule has 1 heterocycles. The third-order valence-electron chi connectivity index (χ3n) is 13.5. The van der Waals surface area contributed by atoms with Gasteiger partial charge in [0.25, 0.3) is 0 Å². The van der Waals surface area contributed by atoms with E-state index in [4.69, 9.17) is 9.47 Å². The van der Waals surface area contributed by atoms with Gasteiger partial charge in [0.2, 0.25) is 5.91 Å². The van der Waals surface area contributed by atoms with E-state index < -0.39 is 49.5 Å². The van der Waals surface area contributed by atoms with E-state index in [1.165, 1.54) is 180 Å². The molecule has 1 aliphatic heterocycles. The molecular formula is C60H109NO8. The summed E-state index contributed by atoms with van der Waals surface area (Å²) in [6.45, 7) is 3.74. The number of hydrogen-bond acceptors (Lipinski definition) is 8. The Kier molecular flexibility index (Phi) is 46.5. The zero-order chi connectivity index (χ0) is 50.1. The number of carbonyl (C=O) groups is 1. The number of rotatable bonds is 49. The summed E-state index contributed by atoms with van der Waals surface area (Å²) >= 11 is 0. The van der Waals surface area contributed by atoms with Crippen LogP contribution in [0.2, 0.25) is 0 Å². The highest BCUT2D eigenvalue weighted by Crippen LogP contribution is 2.23. The second kappa shape index (κ2) is 49.5. The number of ether oxygens (including phenoxy) is 2. The monoisotopic (exact) mass is 972 g/mol. The van der Waals surface area contributed by atoms with Gasteiger partial charge < -0.3 is 40.3 Å². The fourth-order valence-corrected chi connectivity index (χ4v) is 8.93. The fourth-order valence-electron chi connectivity index (χ4n) is 8.93. The van der Waals surface area contributed by atoms with Gasteiger partial charge in [-0.2, -0.15) is 0 Å². The number of aliphatic hydroxyl groups excluding tert-OH is 5. The first-order valence-corrected chi connectivity index (χ1v) is 29.0. The van der Waals surface area contributed by atoms with Crippen LogP contribution in [-0.4, -0.2) is 87.5 Å². The predicted octanol–water partition coefficient (Wildman–Crippen LogP) is 14.3. The van der Waals surface area contributed by atoms with Gasteiger partial charge in [-0.1, -0.05) is 235 Å². The minimum atomic E-state index is -1.58. The maximum atomic E-state index is 13.0. The van der Waals surface area contributed by atoms with Crippen molar-refractivity contribution in [3.63, 3.8) is 0 Å². The molecule has 9 heteroatoms. The Balaban J connectivity index is 2.17. The Morgan fingerprint density at radius 3 is 1.30 bits per heavy atom. The van der Waals surface area contributed by atoms with E-state index in [2.05, 4.69) is 67.8 Å². The fraction of sp³-hybridized carbons (Fsp3) is 0.817. The molecule has 0 aromatic rings. The lowest BCUT2D eigenvalue weighted by Crippen LogP contribution is -2.60. The van der Waals surface area contributed by atoms with E-state index in [0.717, 1.165) is 57.8 Å². The lowest BCUT2D eigenvalue weighted by atomic mass is 9.99. The maximum absolute atomic E-state index is 13.0. The van der Waals surface area contributed by atoms with Crippen molar-refractivity contribution >= 4 is 5.91 Å². The van der Waals surface area contributed by atoms with Crippen molar-refractivity contribution < 1.29 is 39.8 Å². The summed E-state index contributed by atoms with van der Waals surface area (Å²) < 4.78 is 11.2. The van der Waals surface area contributed by atoms with E-state index in [1.807, 2.05) is 6.08 Å². The summed E-state index contributed by atoms with van der Waals surface area (Å²) in [6.07, 6.45) is 60.1. The van der Waals surface area contributed by atoms with Crippen LogP contribution >= 0.6 is 0 Å². The number of amides is 1. The van der Waals surface area contributed by atoms with Gasteiger partial charge in [0.1, 0.15) is 24.4 Å². The van der Waals surface area contributed by atoms with Crippen LogP contribution in [0.4, 0.5) is 0 Å². The van der Waals surface area contributed by atoms with Crippen LogP contribution in [0, 0.1) is 0 Å². The number of unbranched alkanes of at least 4 members (excludes halogenated alkanes) is 31. The maximum Gasteiger partial charge on any atom is 0.220 e. The molecule has 0 saturated carbocycles. The second-order valence-corrected chi connectivity index (χ2v) is 20.1. The Bertz CT molecular complexity index is 1270. The van der Waals surface area contributed by atoms with Crippen molar-refractivity contribution in [2.45, 2.75) is 301 Å². The molecule has 0 aromatic heterocycles. The lowest BCUT2D eigenvalue weighted by Gasteiger charge is -2.40. The topological polar surface area (TPSA) is 149 Å². The zero-order valence-corrected chi connectivity index (χ0v) is 44.6. The Labute approximate surface area is 424 Å².